The first kappa shape index (κ1) is 45.8. The molecule has 0 aliphatic heterocycles. The van der Waals surface area contributed by atoms with Crippen molar-refractivity contribution >= 4 is 65.4 Å². The van der Waals surface area contributed by atoms with Crippen LogP contribution in [-0.2, 0) is 0 Å². The average Bonchev–Trinajstić information content (AvgIpc) is 4.41. The fourth-order valence-corrected chi connectivity index (χ4v) is 11.5. The summed E-state index contributed by atoms with van der Waals surface area (Å²) in [4.78, 5) is 44.0. The molecule has 12 heterocycles. The Hall–Kier alpha value is -11.4. The zero-order chi connectivity index (χ0) is 53.4. The van der Waals surface area contributed by atoms with Gasteiger partial charge >= 0.3 is 0 Å². The second-order valence-electron chi connectivity index (χ2n) is 20.0. The van der Waals surface area contributed by atoms with E-state index in [0.29, 0.717) is 0 Å². The highest BCUT2D eigenvalue weighted by atomic mass is 15.1. The molecule has 0 bridgehead atoms. The number of rotatable bonds is 9. The number of fused-ring (bicyclic) bond motifs is 9. The summed E-state index contributed by atoms with van der Waals surface area (Å²) in [5.74, 6) is 2.42. The molecule has 0 aliphatic rings. The number of benzene rings is 4. The topological polar surface area (TPSA) is 131 Å². The molecule has 0 aliphatic carbocycles. The number of hydrogen-bond donors (Lipinski definition) is 0. The van der Waals surface area contributed by atoms with E-state index < -0.39 is 0 Å². The van der Waals surface area contributed by atoms with Gasteiger partial charge in [-0.25, -0.2) is 15.0 Å². The lowest BCUT2D eigenvalue weighted by Crippen LogP contribution is -1.99. The summed E-state index contributed by atoms with van der Waals surface area (Å²) in [7, 11) is 0. The van der Waals surface area contributed by atoms with E-state index in [1.165, 1.54) is 0 Å². The zero-order valence-corrected chi connectivity index (χ0v) is 43.1. The fourth-order valence-electron chi connectivity index (χ4n) is 11.5. The molecule has 0 spiro atoms. The standard InChI is InChI=1S/C69H42N12/c1-4-16-61-49(10-1)52-40-70-31-28-64(52)79(61)67-19-7-13-58(76-67)55-25-22-43(37-73-55)46-34-47(44-23-26-56(74-38-44)59-14-8-20-68(77-59)80-62-17-5-2-11-50(62)53-41-71-32-29-65(53)80)36-48(35-46)45-24-27-57(75-39-45)60-15-9-21-69(78-60)81-63-18-6-3-12-51(63)54-42-72-33-30-66(54)81/h1-42H. The maximum Gasteiger partial charge on any atom is 0.138 e. The van der Waals surface area contributed by atoms with Gasteiger partial charge in [0, 0.05) is 105 Å². The summed E-state index contributed by atoms with van der Waals surface area (Å²) in [6.07, 6.45) is 17.0. The Morgan fingerprint density at radius 3 is 0.840 bits per heavy atom. The van der Waals surface area contributed by atoms with Crippen molar-refractivity contribution in [3.63, 3.8) is 0 Å². The highest BCUT2D eigenvalue weighted by molar-refractivity contribution is 6.10. The van der Waals surface area contributed by atoms with Crippen LogP contribution in [0.4, 0.5) is 0 Å². The molecule has 12 nitrogen and oxygen atoms in total. The lowest BCUT2D eigenvalue weighted by molar-refractivity contribution is 1.08. The van der Waals surface area contributed by atoms with Crippen molar-refractivity contribution in [2.45, 2.75) is 0 Å². The molecular formula is C69H42N12. The first-order chi connectivity index (χ1) is 40.1. The van der Waals surface area contributed by atoms with E-state index in [1.54, 1.807) is 0 Å². The molecular weight excluding hydrogens is 997 g/mol. The number of para-hydroxylation sites is 3. The van der Waals surface area contributed by atoms with Gasteiger partial charge in [0.15, 0.2) is 0 Å². The minimum atomic E-state index is 0.764. The van der Waals surface area contributed by atoms with Crippen LogP contribution in [0.1, 0.15) is 0 Å². The zero-order valence-electron chi connectivity index (χ0n) is 43.1. The van der Waals surface area contributed by atoms with E-state index in [2.05, 4.69) is 138 Å². The van der Waals surface area contributed by atoms with Crippen LogP contribution in [-0.4, -0.2) is 58.6 Å². The van der Waals surface area contributed by atoms with E-state index >= 15 is 0 Å². The van der Waals surface area contributed by atoms with E-state index in [4.69, 9.17) is 29.9 Å². The van der Waals surface area contributed by atoms with Crippen LogP contribution in [0.15, 0.2) is 256 Å². The van der Waals surface area contributed by atoms with E-state index in [0.717, 1.165) is 150 Å². The van der Waals surface area contributed by atoms with Gasteiger partial charge in [-0.05, 0) is 126 Å². The molecule has 0 unspecified atom stereocenters. The molecule has 378 valence electrons. The van der Waals surface area contributed by atoms with Crippen LogP contribution in [0.3, 0.4) is 0 Å². The summed E-state index contributed by atoms with van der Waals surface area (Å²) in [5.41, 5.74) is 16.7. The second-order valence-corrected chi connectivity index (χ2v) is 20.0. The molecule has 16 rings (SSSR count). The van der Waals surface area contributed by atoms with Gasteiger partial charge in [-0.2, -0.15) is 0 Å². The van der Waals surface area contributed by atoms with E-state index in [9.17, 15) is 0 Å². The third kappa shape index (κ3) is 7.72. The maximum absolute atomic E-state index is 5.19. The maximum atomic E-state index is 5.19. The molecule has 12 heteroatoms. The second kappa shape index (κ2) is 18.7. The molecule has 0 N–H and O–H groups in total. The molecule has 81 heavy (non-hydrogen) atoms. The predicted molar refractivity (Wildman–Crippen MR) is 322 cm³/mol. The summed E-state index contributed by atoms with van der Waals surface area (Å²) in [6, 6.07) is 68.6. The minimum absolute atomic E-state index is 0.764. The Balaban J connectivity index is 0.760. The van der Waals surface area contributed by atoms with Gasteiger partial charge in [0.25, 0.3) is 0 Å². The van der Waals surface area contributed by atoms with E-state index in [-0.39, 0.29) is 0 Å². The lowest BCUT2D eigenvalue weighted by Gasteiger charge is -2.13. The van der Waals surface area contributed by atoms with Crippen molar-refractivity contribution < 1.29 is 0 Å². The van der Waals surface area contributed by atoms with Crippen LogP contribution in [0, 0.1) is 0 Å². The Morgan fingerprint density at radius 1 is 0.222 bits per heavy atom. The Kier molecular flexibility index (Phi) is 10.6. The smallest absolute Gasteiger partial charge is 0.138 e. The molecule has 0 radical (unpaired) electrons. The van der Waals surface area contributed by atoms with Gasteiger partial charge in [0.2, 0.25) is 0 Å². The first-order valence-corrected chi connectivity index (χ1v) is 26.6. The van der Waals surface area contributed by atoms with Crippen molar-refractivity contribution in [1.29, 1.82) is 0 Å². The van der Waals surface area contributed by atoms with Crippen molar-refractivity contribution in [2.24, 2.45) is 0 Å². The molecule has 16 aromatic rings. The third-order valence-electron chi connectivity index (χ3n) is 15.3. The monoisotopic (exact) mass is 1040 g/mol. The molecule has 0 saturated carbocycles. The van der Waals surface area contributed by atoms with Crippen LogP contribution in [0.2, 0.25) is 0 Å². The van der Waals surface area contributed by atoms with Crippen LogP contribution in [0.25, 0.3) is 150 Å². The summed E-state index contributed by atoms with van der Waals surface area (Å²) in [5, 5.41) is 6.62. The Labute approximate surface area is 462 Å². The largest absolute Gasteiger partial charge is 0.294 e. The lowest BCUT2D eigenvalue weighted by atomic mass is 9.94. The van der Waals surface area contributed by atoms with Crippen molar-refractivity contribution in [3.8, 4) is 85.0 Å². The normalized spacial score (nSPS) is 11.7. The number of aromatic nitrogens is 12. The molecule has 0 atom stereocenters. The minimum Gasteiger partial charge on any atom is -0.294 e. The van der Waals surface area contributed by atoms with Gasteiger partial charge in [-0.3, -0.25) is 43.6 Å². The highest BCUT2D eigenvalue weighted by Gasteiger charge is 2.19. The van der Waals surface area contributed by atoms with Crippen molar-refractivity contribution in [2.75, 3.05) is 0 Å². The van der Waals surface area contributed by atoms with Gasteiger partial charge in [-0.1, -0.05) is 91.0 Å². The number of nitrogens with zero attached hydrogens (tertiary/aromatic N) is 12. The van der Waals surface area contributed by atoms with Crippen LogP contribution < -0.4 is 0 Å². The fraction of sp³-hybridized carbons (Fsp3) is 0. The van der Waals surface area contributed by atoms with Gasteiger partial charge in [0.05, 0.1) is 67.3 Å². The number of pyridine rings is 9. The van der Waals surface area contributed by atoms with Gasteiger partial charge in [-0.15, -0.1) is 0 Å². The van der Waals surface area contributed by atoms with Crippen molar-refractivity contribution in [1.82, 2.24) is 58.6 Å². The van der Waals surface area contributed by atoms with Gasteiger partial charge in [0.1, 0.15) is 17.5 Å². The van der Waals surface area contributed by atoms with Gasteiger partial charge < -0.3 is 0 Å². The summed E-state index contributed by atoms with van der Waals surface area (Å²) >= 11 is 0. The Morgan fingerprint density at radius 2 is 0.531 bits per heavy atom. The predicted octanol–water partition coefficient (Wildman–Crippen LogP) is 15.5. The van der Waals surface area contributed by atoms with E-state index in [1.807, 2.05) is 147 Å². The van der Waals surface area contributed by atoms with Crippen molar-refractivity contribution in [3.05, 3.63) is 256 Å². The highest BCUT2D eigenvalue weighted by Crippen LogP contribution is 2.38. The first-order valence-electron chi connectivity index (χ1n) is 26.6. The third-order valence-corrected chi connectivity index (χ3v) is 15.3. The van der Waals surface area contributed by atoms with Crippen LogP contribution >= 0.6 is 0 Å². The average molecular weight is 1040 g/mol. The SMILES string of the molecule is c1cc(-c2ccc(-c3cc(-c4ccc(-c5cccc(-n6c7ccccc7c7cnccc76)n5)nc4)cc(-c4ccc(-c5cccc(-n6c7ccccc7c7cnccc76)n5)nc4)c3)cn2)nc(-n2c3ccccc3c3cnccc32)c1. The molecule has 12 aromatic heterocycles. The molecule has 4 aromatic carbocycles. The molecule has 0 saturated heterocycles. The molecule has 0 fully saturated rings. The summed E-state index contributed by atoms with van der Waals surface area (Å²) < 4.78 is 6.58. The Bertz CT molecular complexity index is 4430. The number of hydrogen-bond acceptors (Lipinski definition) is 9. The van der Waals surface area contributed by atoms with Crippen LogP contribution in [0.5, 0.6) is 0 Å². The summed E-state index contributed by atoms with van der Waals surface area (Å²) in [6.45, 7) is 0. The molecule has 0 amide bonds. The quantitative estimate of drug-likeness (QED) is 0.139.